The summed E-state index contributed by atoms with van der Waals surface area (Å²) in [5.41, 5.74) is 0.291. The first-order valence-electron chi connectivity index (χ1n) is 5.60. The lowest BCUT2D eigenvalue weighted by molar-refractivity contribution is -0.133. The van der Waals surface area contributed by atoms with Crippen molar-refractivity contribution in [2.75, 3.05) is 7.11 Å². The van der Waals surface area contributed by atoms with Crippen molar-refractivity contribution in [2.45, 2.75) is 6.42 Å². The lowest BCUT2D eigenvalue weighted by Gasteiger charge is -2.10. The highest BCUT2D eigenvalue weighted by Crippen LogP contribution is 2.30. The second-order valence-electron chi connectivity index (χ2n) is 3.73. The SMILES string of the molecule is COc1cccc(C=O)c1OC(=O)Cc1cccs1. The van der Waals surface area contributed by atoms with E-state index in [-0.39, 0.29) is 12.2 Å². The fourth-order valence-electron chi connectivity index (χ4n) is 1.60. The van der Waals surface area contributed by atoms with Crippen LogP contribution in [0.15, 0.2) is 35.7 Å². The van der Waals surface area contributed by atoms with Crippen LogP contribution in [0.2, 0.25) is 0 Å². The molecule has 0 saturated heterocycles. The Morgan fingerprint density at radius 1 is 1.32 bits per heavy atom. The van der Waals surface area contributed by atoms with Crippen molar-refractivity contribution in [1.82, 2.24) is 0 Å². The molecule has 0 aliphatic carbocycles. The van der Waals surface area contributed by atoms with Crippen LogP contribution in [0.1, 0.15) is 15.2 Å². The second-order valence-corrected chi connectivity index (χ2v) is 4.76. The molecule has 0 N–H and O–H groups in total. The molecule has 0 atom stereocenters. The van der Waals surface area contributed by atoms with Gasteiger partial charge in [-0.15, -0.1) is 11.3 Å². The number of aldehydes is 1. The smallest absolute Gasteiger partial charge is 0.316 e. The summed E-state index contributed by atoms with van der Waals surface area (Å²) in [6, 6.07) is 8.60. The number of carbonyl (C=O) groups excluding carboxylic acids is 2. The number of rotatable bonds is 5. The largest absolute Gasteiger partial charge is 0.493 e. The Bertz CT molecular complexity index is 575. The number of carbonyl (C=O) groups is 2. The summed E-state index contributed by atoms with van der Waals surface area (Å²) in [7, 11) is 1.46. The summed E-state index contributed by atoms with van der Waals surface area (Å²) >= 11 is 1.48. The predicted octanol–water partition coefficient (Wildman–Crippen LogP) is 2.72. The first kappa shape index (κ1) is 13.3. The van der Waals surface area contributed by atoms with E-state index in [1.165, 1.54) is 18.4 Å². The average molecular weight is 276 g/mol. The molecule has 1 aromatic carbocycles. The van der Waals surface area contributed by atoms with Crippen molar-refractivity contribution in [3.63, 3.8) is 0 Å². The zero-order chi connectivity index (χ0) is 13.7. The molecule has 2 aromatic rings. The van der Waals surface area contributed by atoms with Crippen LogP contribution < -0.4 is 9.47 Å². The highest BCUT2D eigenvalue weighted by molar-refractivity contribution is 7.10. The Morgan fingerprint density at radius 3 is 2.79 bits per heavy atom. The van der Waals surface area contributed by atoms with Crippen LogP contribution in [0, 0.1) is 0 Å². The molecule has 0 saturated carbocycles. The highest BCUT2D eigenvalue weighted by Gasteiger charge is 2.15. The van der Waals surface area contributed by atoms with E-state index in [1.54, 1.807) is 18.2 Å². The maximum absolute atomic E-state index is 11.8. The van der Waals surface area contributed by atoms with Crippen molar-refractivity contribution in [2.24, 2.45) is 0 Å². The second kappa shape index (κ2) is 6.15. The first-order valence-corrected chi connectivity index (χ1v) is 6.48. The van der Waals surface area contributed by atoms with Gasteiger partial charge < -0.3 is 9.47 Å². The number of hydrogen-bond donors (Lipinski definition) is 0. The molecule has 5 heteroatoms. The molecule has 0 spiro atoms. The van der Waals surface area contributed by atoms with E-state index < -0.39 is 5.97 Å². The molecule has 1 aromatic heterocycles. The van der Waals surface area contributed by atoms with Crippen LogP contribution in [0.4, 0.5) is 0 Å². The Labute approximate surface area is 114 Å². The van der Waals surface area contributed by atoms with Crippen molar-refractivity contribution in [3.8, 4) is 11.5 Å². The molecule has 0 amide bonds. The molecule has 0 radical (unpaired) electrons. The number of thiophene rings is 1. The zero-order valence-corrected chi connectivity index (χ0v) is 11.1. The third-order valence-corrected chi connectivity index (χ3v) is 3.35. The Balaban J connectivity index is 2.18. The molecule has 1 heterocycles. The molecule has 0 bridgehead atoms. The summed E-state index contributed by atoms with van der Waals surface area (Å²) in [4.78, 5) is 23.7. The molecule has 19 heavy (non-hydrogen) atoms. The Morgan fingerprint density at radius 2 is 2.16 bits per heavy atom. The Hall–Kier alpha value is -2.14. The minimum Gasteiger partial charge on any atom is -0.493 e. The standard InChI is InChI=1S/C14H12O4S/c1-17-12-6-2-4-10(9-15)14(12)18-13(16)8-11-5-3-7-19-11/h2-7,9H,8H2,1H3. The van der Waals surface area contributed by atoms with Gasteiger partial charge in [0.1, 0.15) is 0 Å². The highest BCUT2D eigenvalue weighted by atomic mass is 32.1. The molecule has 0 unspecified atom stereocenters. The third kappa shape index (κ3) is 3.20. The summed E-state index contributed by atoms with van der Waals surface area (Å²) in [6.07, 6.45) is 0.810. The summed E-state index contributed by atoms with van der Waals surface area (Å²) in [5, 5.41) is 1.89. The van der Waals surface area contributed by atoms with Gasteiger partial charge in [-0.2, -0.15) is 0 Å². The van der Waals surface area contributed by atoms with Crippen molar-refractivity contribution in [3.05, 3.63) is 46.2 Å². The number of para-hydroxylation sites is 1. The van der Waals surface area contributed by atoms with E-state index in [0.29, 0.717) is 17.6 Å². The number of esters is 1. The zero-order valence-electron chi connectivity index (χ0n) is 10.3. The molecule has 4 nitrogen and oxygen atoms in total. The molecule has 2 rings (SSSR count). The predicted molar refractivity (Wildman–Crippen MR) is 72.0 cm³/mol. The fourth-order valence-corrected chi connectivity index (χ4v) is 2.29. The van der Waals surface area contributed by atoms with Gasteiger partial charge >= 0.3 is 5.97 Å². The quantitative estimate of drug-likeness (QED) is 0.478. The fraction of sp³-hybridized carbons (Fsp3) is 0.143. The summed E-state index contributed by atoms with van der Waals surface area (Å²) < 4.78 is 10.3. The van der Waals surface area contributed by atoms with E-state index in [2.05, 4.69) is 0 Å². The van der Waals surface area contributed by atoms with Gasteiger partial charge in [-0.05, 0) is 23.6 Å². The number of ether oxygens (including phenoxy) is 2. The van der Waals surface area contributed by atoms with Gasteiger partial charge in [0.25, 0.3) is 0 Å². The molecule has 0 fully saturated rings. The van der Waals surface area contributed by atoms with E-state index in [1.807, 2.05) is 17.5 Å². The van der Waals surface area contributed by atoms with Gasteiger partial charge in [0.05, 0.1) is 19.1 Å². The summed E-state index contributed by atoms with van der Waals surface area (Å²) in [6.45, 7) is 0. The van der Waals surface area contributed by atoms with Gasteiger partial charge in [-0.3, -0.25) is 9.59 Å². The minimum absolute atomic E-state index is 0.168. The molecule has 98 valence electrons. The monoisotopic (exact) mass is 276 g/mol. The molecule has 0 aliphatic heterocycles. The van der Waals surface area contributed by atoms with Crippen molar-refractivity contribution < 1.29 is 19.1 Å². The maximum Gasteiger partial charge on any atom is 0.316 e. The topological polar surface area (TPSA) is 52.6 Å². The van der Waals surface area contributed by atoms with E-state index in [0.717, 1.165) is 4.88 Å². The van der Waals surface area contributed by atoms with Gasteiger partial charge in [0.15, 0.2) is 17.8 Å². The van der Waals surface area contributed by atoms with Crippen LogP contribution in [-0.4, -0.2) is 19.4 Å². The van der Waals surface area contributed by atoms with Crippen LogP contribution in [0.25, 0.3) is 0 Å². The lowest BCUT2D eigenvalue weighted by atomic mass is 10.2. The number of hydrogen-bond acceptors (Lipinski definition) is 5. The normalized spacial score (nSPS) is 9.95. The van der Waals surface area contributed by atoms with Crippen molar-refractivity contribution in [1.29, 1.82) is 0 Å². The van der Waals surface area contributed by atoms with Crippen LogP contribution >= 0.6 is 11.3 Å². The third-order valence-electron chi connectivity index (χ3n) is 2.47. The average Bonchev–Trinajstić information content (AvgIpc) is 2.91. The number of benzene rings is 1. The van der Waals surface area contributed by atoms with Gasteiger partial charge in [-0.1, -0.05) is 12.1 Å². The minimum atomic E-state index is -0.421. The van der Waals surface area contributed by atoms with Gasteiger partial charge in [0, 0.05) is 4.88 Å². The van der Waals surface area contributed by atoms with E-state index >= 15 is 0 Å². The summed E-state index contributed by atoms with van der Waals surface area (Å²) in [5.74, 6) is 0.112. The van der Waals surface area contributed by atoms with Crippen LogP contribution in [0.3, 0.4) is 0 Å². The van der Waals surface area contributed by atoms with E-state index in [9.17, 15) is 9.59 Å². The van der Waals surface area contributed by atoms with Crippen molar-refractivity contribution >= 4 is 23.6 Å². The molecule has 0 aliphatic rings. The van der Waals surface area contributed by atoms with Gasteiger partial charge in [-0.25, -0.2) is 0 Å². The van der Waals surface area contributed by atoms with E-state index in [4.69, 9.17) is 9.47 Å². The lowest BCUT2D eigenvalue weighted by Crippen LogP contribution is -2.12. The van der Waals surface area contributed by atoms with Crippen LogP contribution in [-0.2, 0) is 11.2 Å². The number of methoxy groups -OCH3 is 1. The first-order chi connectivity index (χ1) is 9.24. The Kier molecular flexibility index (Phi) is 4.30. The van der Waals surface area contributed by atoms with Crippen LogP contribution in [0.5, 0.6) is 11.5 Å². The molecular formula is C14H12O4S. The maximum atomic E-state index is 11.8. The van der Waals surface area contributed by atoms with Gasteiger partial charge in [0.2, 0.25) is 0 Å². The molecular weight excluding hydrogens is 264 g/mol.